The Morgan fingerprint density at radius 3 is 2.84 bits per heavy atom. The van der Waals surface area contributed by atoms with Crippen molar-refractivity contribution in [2.24, 2.45) is 10.9 Å². The van der Waals surface area contributed by atoms with Crippen LogP contribution in [0.5, 0.6) is 0 Å². The molecule has 0 aromatic heterocycles. The van der Waals surface area contributed by atoms with Crippen molar-refractivity contribution < 1.29 is 9.94 Å². The Hall–Kier alpha value is -1.30. The van der Waals surface area contributed by atoms with Crippen molar-refractivity contribution in [2.75, 3.05) is 13.7 Å². The minimum absolute atomic E-state index is 0.0484. The van der Waals surface area contributed by atoms with Crippen LogP contribution in [0.3, 0.4) is 0 Å². The van der Waals surface area contributed by atoms with Crippen molar-refractivity contribution >= 4 is 17.4 Å². The van der Waals surface area contributed by atoms with E-state index in [-0.39, 0.29) is 5.84 Å². The van der Waals surface area contributed by atoms with Gasteiger partial charge in [0.05, 0.1) is 6.61 Å². The molecule has 1 aromatic carbocycles. The minimum atomic E-state index is 0.0484. The van der Waals surface area contributed by atoms with E-state index < -0.39 is 0 Å². The Bertz CT molecular complexity index is 438. The standard InChI is InChI=1S/C13H20ClN3O2/c1-3-11(8-19-2)16-7-10-5-4-9(6-12(10)14)13(15)17-18/h4-6,11,16,18H,3,7-8H2,1-2H3,(H2,15,17). The van der Waals surface area contributed by atoms with Crippen LogP contribution >= 0.6 is 11.6 Å². The van der Waals surface area contributed by atoms with Gasteiger partial charge in [0.25, 0.3) is 0 Å². The number of methoxy groups -OCH3 is 1. The van der Waals surface area contributed by atoms with E-state index in [1.165, 1.54) is 0 Å². The van der Waals surface area contributed by atoms with Crippen molar-refractivity contribution in [1.82, 2.24) is 5.32 Å². The van der Waals surface area contributed by atoms with Gasteiger partial charge in [-0.3, -0.25) is 0 Å². The number of rotatable bonds is 7. The molecule has 19 heavy (non-hydrogen) atoms. The summed E-state index contributed by atoms with van der Waals surface area (Å²) in [5.74, 6) is 0.0484. The quantitative estimate of drug-likeness (QED) is 0.310. The van der Waals surface area contributed by atoms with Crippen LogP contribution in [0, 0.1) is 0 Å². The lowest BCUT2D eigenvalue weighted by molar-refractivity contribution is 0.164. The normalized spacial score (nSPS) is 13.5. The number of nitrogens with one attached hydrogen (secondary N) is 1. The van der Waals surface area contributed by atoms with Gasteiger partial charge in [-0.15, -0.1) is 0 Å². The molecule has 0 radical (unpaired) electrons. The zero-order valence-electron chi connectivity index (χ0n) is 11.2. The molecular formula is C13H20ClN3O2. The van der Waals surface area contributed by atoms with Gasteiger partial charge in [0.15, 0.2) is 5.84 Å². The average Bonchev–Trinajstić information content (AvgIpc) is 2.43. The van der Waals surface area contributed by atoms with Crippen molar-refractivity contribution in [1.29, 1.82) is 0 Å². The highest BCUT2D eigenvalue weighted by Gasteiger charge is 2.08. The van der Waals surface area contributed by atoms with Crippen LogP contribution in [0.2, 0.25) is 5.02 Å². The third-order valence-electron chi connectivity index (χ3n) is 2.90. The van der Waals surface area contributed by atoms with Gasteiger partial charge in [-0.2, -0.15) is 0 Å². The van der Waals surface area contributed by atoms with Crippen LogP contribution in [0.25, 0.3) is 0 Å². The van der Waals surface area contributed by atoms with Gasteiger partial charge in [0, 0.05) is 30.3 Å². The fourth-order valence-corrected chi connectivity index (χ4v) is 1.93. The number of benzene rings is 1. The SMILES string of the molecule is CCC(COC)NCc1ccc(/C(N)=N/O)cc1Cl. The lowest BCUT2D eigenvalue weighted by Gasteiger charge is -2.16. The zero-order chi connectivity index (χ0) is 14.3. The monoisotopic (exact) mass is 285 g/mol. The van der Waals surface area contributed by atoms with Gasteiger partial charge in [-0.25, -0.2) is 0 Å². The van der Waals surface area contributed by atoms with E-state index in [1.54, 1.807) is 19.2 Å². The minimum Gasteiger partial charge on any atom is -0.409 e. The Morgan fingerprint density at radius 1 is 1.58 bits per heavy atom. The van der Waals surface area contributed by atoms with Gasteiger partial charge >= 0.3 is 0 Å². The summed E-state index contributed by atoms with van der Waals surface area (Å²) in [6, 6.07) is 5.62. The van der Waals surface area contributed by atoms with Gasteiger partial charge in [0.2, 0.25) is 0 Å². The highest BCUT2D eigenvalue weighted by molar-refractivity contribution is 6.31. The van der Waals surface area contributed by atoms with Crippen molar-refractivity contribution in [3.63, 3.8) is 0 Å². The highest BCUT2D eigenvalue weighted by Crippen LogP contribution is 2.18. The Morgan fingerprint density at radius 2 is 2.32 bits per heavy atom. The predicted octanol–water partition coefficient (Wildman–Crippen LogP) is 1.95. The molecule has 0 aliphatic heterocycles. The van der Waals surface area contributed by atoms with Gasteiger partial charge in [0.1, 0.15) is 0 Å². The lowest BCUT2D eigenvalue weighted by atomic mass is 10.1. The van der Waals surface area contributed by atoms with E-state index >= 15 is 0 Å². The second-order valence-electron chi connectivity index (χ2n) is 4.23. The second kappa shape index (κ2) is 7.99. The molecule has 5 nitrogen and oxygen atoms in total. The van der Waals surface area contributed by atoms with Crippen molar-refractivity contribution in [3.8, 4) is 0 Å². The topological polar surface area (TPSA) is 79.9 Å². The Kier molecular flexibility index (Phi) is 6.62. The number of nitrogens with zero attached hydrogens (tertiary/aromatic N) is 1. The Balaban J connectivity index is 2.70. The molecule has 6 heteroatoms. The van der Waals surface area contributed by atoms with Crippen LogP contribution in [0.15, 0.2) is 23.4 Å². The summed E-state index contributed by atoms with van der Waals surface area (Å²) in [6.07, 6.45) is 0.980. The molecule has 0 spiro atoms. The molecule has 0 bridgehead atoms. The number of amidine groups is 1. The average molecular weight is 286 g/mol. The first-order chi connectivity index (χ1) is 9.12. The molecule has 1 atom stereocenters. The van der Waals surface area contributed by atoms with Gasteiger partial charge < -0.3 is 21.0 Å². The first-order valence-electron chi connectivity index (χ1n) is 6.11. The van der Waals surface area contributed by atoms with Crippen LogP contribution in [-0.2, 0) is 11.3 Å². The zero-order valence-corrected chi connectivity index (χ0v) is 11.9. The fraction of sp³-hybridized carbons (Fsp3) is 0.462. The highest BCUT2D eigenvalue weighted by atomic mass is 35.5. The maximum Gasteiger partial charge on any atom is 0.170 e. The summed E-state index contributed by atoms with van der Waals surface area (Å²) < 4.78 is 5.12. The smallest absolute Gasteiger partial charge is 0.170 e. The third kappa shape index (κ3) is 4.70. The summed E-state index contributed by atoms with van der Waals surface area (Å²) in [7, 11) is 1.68. The van der Waals surface area contributed by atoms with E-state index in [2.05, 4.69) is 17.4 Å². The van der Waals surface area contributed by atoms with Gasteiger partial charge in [-0.1, -0.05) is 35.8 Å². The maximum absolute atomic E-state index is 8.61. The molecule has 0 aliphatic rings. The third-order valence-corrected chi connectivity index (χ3v) is 3.25. The molecule has 0 heterocycles. The number of nitrogens with two attached hydrogens (primary N) is 1. The number of hydrogen-bond donors (Lipinski definition) is 3. The predicted molar refractivity (Wildman–Crippen MR) is 76.8 cm³/mol. The molecular weight excluding hydrogens is 266 g/mol. The molecule has 0 aliphatic carbocycles. The number of ether oxygens (including phenoxy) is 1. The van der Waals surface area contributed by atoms with Crippen molar-refractivity contribution in [2.45, 2.75) is 25.9 Å². The van der Waals surface area contributed by atoms with Gasteiger partial charge in [-0.05, 0) is 18.1 Å². The molecule has 1 aromatic rings. The number of halogens is 1. The summed E-state index contributed by atoms with van der Waals surface area (Å²) >= 11 is 6.17. The van der Waals surface area contributed by atoms with E-state index in [9.17, 15) is 0 Å². The second-order valence-corrected chi connectivity index (χ2v) is 4.64. The first-order valence-corrected chi connectivity index (χ1v) is 6.48. The largest absolute Gasteiger partial charge is 0.409 e. The van der Waals surface area contributed by atoms with Crippen LogP contribution in [0.1, 0.15) is 24.5 Å². The lowest BCUT2D eigenvalue weighted by Crippen LogP contribution is -2.32. The summed E-state index contributed by atoms with van der Waals surface area (Å²) in [6.45, 7) is 3.41. The molecule has 0 saturated carbocycles. The molecule has 0 fully saturated rings. The van der Waals surface area contributed by atoms with E-state index in [4.69, 9.17) is 27.3 Å². The van der Waals surface area contributed by atoms with Crippen LogP contribution in [0.4, 0.5) is 0 Å². The Labute approximate surface area is 118 Å². The molecule has 1 rings (SSSR count). The fourth-order valence-electron chi connectivity index (χ4n) is 1.68. The van der Waals surface area contributed by atoms with Crippen LogP contribution in [-0.4, -0.2) is 30.8 Å². The summed E-state index contributed by atoms with van der Waals surface area (Å²) in [5.41, 5.74) is 7.07. The molecule has 0 saturated heterocycles. The number of hydrogen-bond acceptors (Lipinski definition) is 4. The molecule has 4 N–H and O–H groups in total. The molecule has 1 unspecified atom stereocenters. The summed E-state index contributed by atoms with van der Waals surface area (Å²) in [4.78, 5) is 0. The maximum atomic E-state index is 8.61. The van der Waals surface area contributed by atoms with E-state index in [1.807, 2.05) is 6.07 Å². The number of oxime groups is 1. The van der Waals surface area contributed by atoms with Crippen molar-refractivity contribution in [3.05, 3.63) is 34.3 Å². The molecule has 106 valence electrons. The summed E-state index contributed by atoms with van der Waals surface area (Å²) in [5, 5.41) is 15.5. The molecule has 0 amide bonds. The van der Waals surface area contributed by atoms with E-state index in [0.717, 1.165) is 12.0 Å². The van der Waals surface area contributed by atoms with E-state index in [0.29, 0.717) is 29.8 Å². The van der Waals surface area contributed by atoms with Crippen LogP contribution < -0.4 is 11.1 Å². The first kappa shape index (κ1) is 15.8.